The number of esters is 1. The van der Waals surface area contributed by atoms with Crippen LogP contribution in [0.5, 0.6) is 5.75 Å². The summed E-state index contributed by atoms with van der Waals surface area (Å²) in [5, 5.41) is 1.70. The van der Waals surface area contributed by atoms with E-state index in [0.717, 1.165) is 11.1 Å². The fourth-order valence-corrected chi connectivity index (χ4v) is 6.30. The van der Waals surface area contributed by atoms with Gasteiger partial charge < -0.3 is 25.0 Å². The van der Waals surface area contributed by atoms with Gasteiger partial charge in [-0.15, -0.1) is 0 Å². The molecular weight excluding hydrogens is 582 g/mol. The number of hydrogen-bond acceptors (Lipinski definition) is 9. The van der Waals surface area contributed by atoms with Gasteiger partial charge in [-0.05, 0) is 18.2 Å². The van der Waals surface area contributed by atoms with Crippen LogP contribution >= 0.6 is 11.6 Å². The van der Waals surface area contributed by atoms with Gasteiger partial charge >= 0.3 is 5.97 Å². The first-order valence-corrected chi connectivity index (χ1v) is 15.4. The normalized spacial score (nSPS) is 14.1. The van der Waals surface area contributed by atoms with Gasteiger partial charge in [0.25, 0.3) is 0 Å². The molecule has 0 spiro atoms. The van der Waals surface area contributed by atoms with Crippen LogP contribution in [-0.4, -0.2) is 97.2 Å². The molecule has 0 aliphatic carbocycles. The van der Waals surface area contributed by atoms with Crippen LogP contribution in [0.3, 0.4) is 0 Å². The van der Waals surface area contributed by atoms with E-state index in [1.165, 1.54) is 19.2 Å². The number of carbonyl (C=O) groups excluding carboxylic acids is 2. The van der Waals surface area contributed by atoms with Gasteiger partial charge in [-0.25, -0.2) is 17.9 Å². The number of fused-ring (bicyclic) bond motifs is 1. The molecule has 0 atom stereocenters. The van der Waals surface area contributed by atoms with Gasteiger partial charge in [0.1, 0.15) is 17.9 Å². The summed E-state index contributed by atoms with van der Waals surface area (Å²) in [5.41, 5.74) is 7.19. The van der Waals surface area contributed by atoms with Crippen molar-refractivity contribution in [1.82, 2.24) is 14.5 Å². The highest BCUT2D eigenvalue weighted by atomic mass is 35.5. The lowest BCUT2D eigenvalue weighted by Gasteiger charge is -2.34. The summed E-state index contributed by atoms with van der Waals surface area (Å²) < 4.78 is 39.4. The van der Waals surface area contributed by atoms with Crippen molar-refractivity contribution in [3.05, 3.63) is 59.1 Å². The largest absolute Gasteiger partial charge is 0.496 e. The van der Waals surface area contributed by atoms with E-state index in [0.29, 0.717) is 43.8 Å². The van der Waals surface area contributed by atoms with E-state index in [1.54, 1.807) is 23.1 Å². The molecule has 4 rings (SSSR count). The Morgan fingerprint density at radius 3 is 2.43 bits per heavy atom. The Hall–Kier alpha value is -3.58. The third-order valence-corrected chi connectivity index (χ3v) is 9.01. The van der Waals surface area contributed by atoms with Crippen molar-refractivity contribution in [3.63, 3.8) is 0 Å². The summed E-state index contributed by atoms with van der Waals surface area (Å²) in [6.07, 6.45) is 0.0521. The first-order chi connectivity index (χ1) is 20.0. The van der Waals surface area contributed by atoms with Gasteiger partial charge in [-0.2, -0.15) is 0 Å². The highest BCUT2D eigenvalue weighted by Gasteiger charge is 2.23. The number of sulfonamides is 1. The maximum absolute atomic E-state index is 13.1. The lowest BCUT2D eigenvalue weighted by atomic mass is 10.1. The zero-order chi connectivity index (χ0) is 30.4. The molecule has 3 aromatic carbocycles. The highest BCUT2D eigenvalue weighted by molar-refractivity contribution is 7.89. The standard InChI is InChI=1S/C29H36ClN5O6S/c1-33(2)25-8-4-7-21-20(25)6-5-9-27(21)42(38,39)32-11-10-28(36)35-14-12-34(13-15-35)16-17-41-29(37)22-18-23(30)24(31)19-26(22)40-3/h4-9,18-19,32H,10-17,31H2,1-3H3. The van der Waals surface area contributed by atoms with Crippen LogP contribution < -0.4 is 20.1 Å². The van der Waals surface area contributed by atoms with Gasteiger partial charge in [-0.1, -0.05) is 35.9 Å². The number of amides is 1. The predicted molar refractivity (Wildman–Crippen MR) is 164 cm³/mol. The summed E-state index contributed by atoms with van der Waals surface area (Å²) in [4.78, 5) is 31.2. The number of ether oxygens (including phenoxy) is 2. The first kappa shape index (κ1) is 31.4. The minimum atomic E-state index is -3.82. The Kier molecular flexibility index (Phi) is 10.2. The molecule has 3 aromatic rings. The number of hydrogen-bond donors (Lipinski definition) is 2. The number of carbonyl (C=O) groups is 2. The van der Waals surface area contributed by atoms with Gasteiger partial charge in [0.2, 0.25) is 15.9 Å². The number of nitrogens with one attached hydrogen (secondary N) is 1. The monoisotopic (exact) mass is 617 g/mol. The molecule has 1 saturated heterocycles. The van der Waals surface area contributed by atoms with Gasteiger partial charge in [-0.3, -0.25) is 9.69 Å². The molecule has 0 saturated carbocycles. The molecule has 0 radical (unpaired) electrons. The second-order valence-corrected chi connectivity index (χ2v) is 12.2. The smallest absolute Gasteiger partial charge is 0.342 e. The highest BCUT2D eigenvalue weighted by Crippen LogP contribution is 2.31. The average molecular weight is 618 g/mol. The van der Waals surface area contributed by atoms with E-state index in [2.05, 4.69) is 9.62 Å². The summed E-state index contributed by atoms with van der Waals surface area (Å²) in [6, 6.07) is 13.6. The number of nitrogen functional groups attached to an aromatic ring is 1. The molecule has 0 unspecified atom stereocenters. The molecule has 0 bridgehead atoms. The van der Waals surface area contributed by atoms with Crippen LogP contribution in [0.15, 0.2) is 53.4 Å². The maximum Gasteiger partial charge on any atom is 0.342 e. The van der Waals surface area contributed by atoms with Crippen LogP contribution in [0, 0.1) is 0 Å². The molecule has 1 fully saturated rings. The molecule has 1 aliphatic heterocycles. The minimum absolute atomic E-state index is 0.000292. The lowest BCUT2D eigenvalue weighted by Crippen LogP contribution is -2.49. The van der Waals surface area contributed by atoms with E-state index < -0.39 is 16.0 Å². The Balaban J connectivity index is 1.23. The summed E-state index contributed by atoms with van der Waals surface area (Å²) in [7, 11) is 1.43. The maximum atomic E-state index is 13.1. The van der Waals surface area contributed by atoms with Crippen LogP contribution in [-0.2, 0) is 19.6 Å². The average Bonchev–Trinajstić information content (AvgIpc) is 2.97. The zero-order valence-corrected chi connectivity index (χ0v) is 25.5. The van der Waals surface area contributed by atoms with Crippen molar-refractivity contribution in [2.45, 2.75) is 11.3 Å². The van der Waals surface area contributed by atoms with Gasteiger partial charge in [0.15, 0.2) is 0 Å². The number of nitrogens with zero attached hydrogens (tertiary/aromatic N) is 3. The Labute approximate surface area is 251 Å². The van der Waals surface area contributed by atoms with Crippen molar-refractivity contribution in [1.29, 1.82) is 0 Å². The summed E-state index contributed by atoms with van der Waals surface area (Å²) in [5.74, 6) is -0.400. The Morgan fingerprint density at radius 1 is 1.05 bits per heavy atom. The number of halogens is 1. The first-order valence-electron chi connectivity index (χ1n) is 13.5. The molecule has 11 nitrogen and oxygen atoms in total. The zero-order valence-electron chi connectivity index (χ0n) is 23.9. The lowest BCUT2D eigenvalue weighted by molar-refractivity contribution is -0.132. The Bertz CT molecular complexity index is 1560. The summed E-state index contributed by atoms with van der Waals surface area (Å²) in [6.45, 7) is 2.87. The van der Waals surface area contributed by atoms with Crippen LogP contribution in [0.25, 0.3) is 10.8 Å². The van der Waals surface area contributed by atoms with Crippen molar-refractivity contribution >= 4 is 55.6 Å². The van der Waals surface area contributed by atoms with E-state index in [1.807, 2.05) is 37.2 Å². The summed E-state index contributed by atoms with van der Waals surface area (Å²) >= 11 is 6.04. The van der Waals surface area contributed by atoms with Crippen LogP contribution in [0.1, 0.15) is 16.8 Å². The predicted octanol–water partition coefficient (Wildman–Crippen LogP) is 2.82. The van der Waals surface area contributed by atoms with E-state index in [-0.39, 0.29) is 46.7 Å². The van der Waals surface area contributed by atoms with Crippen molar-refractivity contribution < 1.29 is 27.5 Å². The fraction of sp³-hybridized carbons (Fsp3) is 0.379. The number of piperazine rings is 1. The molecule has 3 N–H and O–H groups in total. The molecule has 226 valence electrons. The second-order valence-electron chi connectivity index (χ2n) is 10.1. The number of benzene rings is 3. The molecule has 1 aliphatic rings. The van der Waals surface area contributed by atoms with E-state index >= 15 is 0 Å². The second kappa shape index (κ2) is 13.6. The number of nitrogens with two attached hydrogens (primary N) is 1. The third kappa shape index (κ3) is 7.24. The van der Waals surface area contributed by atoms with Crippen molar-refractivity contribution in [2.24, 2.45) is 0 Å². The van der Waals surface area contributed by atoms with Crippen molar-refractivity contribution in [2.75, 3.05) is 77.7 Å². The SMILES string of the molecule is COc1cc(N)c(Cl)cc1C(=O)OCCN1CCN(C(=O)CCNS(=O)(=O)c2cccc3c(N(C)C)cccc23)CC1. The molecule has 42 heavy (non-hydrogen) atoms. The minimum Gasteiger partial charge on any atom is -0.496 e. The molecule has 0 aromatic heterocycles. The molecule has 13 heteroatoms. The third-order valence-electron chi connectivity index (χ3n) is 7.17. The fourth-order valence-electron chi connectivity index (χ4n) is 4.88. The molecule has 1 heterocycles. The van der Waals surface area contributed by atoms with Crippen molar-refractivity contribution in [3.8, 4) is 5.75 Å². The number of methoxy groups -OCH3 is 1. The van der Waals surface area contributed by atoms with E-state index in [4.69, 9.17) is 26.8 Å². The van der Waals surface area contributed by atoms with Gasteiger partial charge in [0, 0.05) is 82.3 Å². The number of anilines is 2. The number of rotatable bonds is 11. The quantitative estimate of drug-likeness (QED) is 0.246. The molecular formula is C29H36ClN5O6S. The van der Waals surface area contributed by atoms with Gasteiger partial charge in [0.05, 0.1) is 22.7 Å². The topological polar surface area (TPSA) is 135 Å². The van der Waals surface area contributed by atoms with E-state index in [9.17, 15) is 18.0 Å². The Morgan fingerprint density at radius 2 is 1.74 bits per heavy atom. The van der Waals surface area contributed by atoms with Crippen LogP contribution in [0.4, 0.5) is 11.4 Å². The molecule has 1 amide bonds. The van der Waals surface area contributed by atoms with Crippen LogP contribution in [0.2, 0.25) is 5.02 Å².